The summed E-state index contributed by atoms with van der Waals surface area (Å²) in [7, 11) is 3.16. The minimum absolute atomic E-state index is 0.250. The van der Waals surface area contributed by atoms with E-state index in [-0.39, 0.29) is 11.5 Å². The number of aromatic amines is 1. The Kier molecular flexibility index (Phi) is 5.28. The van der Waals surface area contributed by atoms with Gasteiger partial charge < -0.3 is 9.47 Å². The van der Waals surface area contributed by atoms with Crippen LogP contribution in [0.25, 0.3) is 11.3 Å². The van der Waals surface area contributed by atoms with Gasteiger partial charge in [-0.3, -0.25) is 9.78 Å². The molecule has 7 heteroatoms. The van der Waals surface area contributed by atoms with Gasteiger partial charge in [-0.25, -0.2) is 10.4 Å². The van der Waals surface area contributed by atoms with E-state index < -0.39 is 0 Å². The molecule has 132 valence electrons. The second-order valence-corrected chi connectivity index (χ2v) is 5.32. The van der Waals surface area contributed by atoms with E-state index in [1.165, 1.54) is 6.07 Å². The normalized spacial score (nSPS) is 10.7. The number of rotatable bonds is 6. The van der Waals surface area contributed by atoms with Crippen LogP contribution in [0.4, 0.5) is 5.95 Å². The largest absolute Gasteiger partial charge is 0.497 e. The third kappa shape index (κ3) is 4.07. The molecule has 0 aliphatic carbocycles. The van der Waals surface area contributed by atoms with E-state index in [4.69, 9.17) is 9.47 Å². The van der Waals surface area contributed by atoms with Gasteiger partial charge in [-0.1, -0.05) is 30.3 Å². The van der Waals surface area contributed by atoms with E-state index >= 15 is 0 Å². The Bertz CT molecular complexity index is 968. The molecule has 0 saturated heterocycles. The molecule has 0 atom stereocenters. The van der Waals surface area contributed by atoms with Gasteiger partial charge in [-0.15, -0.1) is 0 Å². The maximum atomic E-state index is 11.9. The summed E-state index contributed by atoms with van der Waals surface area (Å²) in [5.41, 5.74) is 4.64. The Morgan fingerprint density at radius 1 is 1.08 bits per heavy atom. The lowest BCUT2D eigenvalue weighted by Crippen LogP contribution is -2.10. The second-order valence-electron chi connectivity index (χ2n) is 5.32. The Morgan fingerprint density at radius 3 is 2.62 bits per heavy atom. The first kappa shape index (κ1) is 17.2. The quantitative estimate of drug-likeness (QED) is 0.527. The summed E-state index contributed by atoms with van der Waals surface area (Å²) in [6.45, 7) is 0. The minimum Gasteiger partial charge on any atom is -0.497 e. The third-order valence-electron chi connectivity index (χ3n) is 3.63. The molecule has 3 aromatic rings. The summed E-state index contributed by atoms with van der Waals surface area (Å²) in [5, 5.41) is 4.12. The van der Waals surface area contributed by atoms with Crippen molar-refractivity contribution in [2.24, 2.45) is 5.10 Å². The van der Waals surface area contributed by atoms with Crippen LogP contribution < -0.4 is 20.5 Å². The molecule has 2 N–H and O–H groups in total. The molecule has 0 aliphatic heterocycles. The molecule has 0 unspecified atom stereocenters. The van der Waals surface area contributed by atoms with E-state index in [0.717, 1.165) is 11.1 Å². The van der Waals surface area contributed by atoms with Gasteiger partial charge in [0.25, 0.3) is 5.56 Å². The van der Waals surface area contributed by atoms with Crippen molar-refractivity contribution in [1.82, 2.24) is 9.97 Å². The number of benzene rings is 2. The number of hydrogen-bond donors (Lipinski definition) is 2. The van der Waals surface area contributed by atoms with Crippen molar-refractivity contribution in [3.63, 3.8) is 0 Å². The molecule has 1 aromatic heterocycles. The van der Waals surface area contributed by atoms with E-state index in [2.05, 4.69) is 20.5 Å². The number of aromatic nitrogens is 2. The smallest absolute Gasteiger partial charge is 0.252 e. The molecule has 2 aromatic carbocycles. The Morgan fingerprint density at radius 2 is 1.88 bits per heavy atom. The number of ether oxygens (including phenoxy) is 2. The Hall–Kier alpha value is -3.61. The van der Waals surface area contributed by atoms with Crippen molar-refractivity contribution < 1.29 is 9.47 Å². The van der Waals surface area contributed by atoms with Crippen molar-refractivity contribution in [2.45, 2.75) is 0 Å². The highest BCUT2D eigenvalue weighted by molar-refractivity contribution is 5.84. The third-order valence-corrected chi connectivity index (χ3v) is 3.63. The van der Waals surface area contributed by atoms with Gasteiger partial charge in [-0.2, -0.15) is 5.10 Å². The van der Waals surface area contributed by atoms with Crippen LogP contribution in [0.1, 0.15) is 5.56 Å². The predicted molar refractivity (Wildman–Crippen MR) is 101 cm³/mol. The molecule has 1 heterocycles. The summed E-state index contributed by atoms with van der Waals surface area (Å²) in [4.78, 5) is 18.8. The number of hydrazone groups is 1. The first-order valence-electron chi connectivity index (χ1n) is 7.87. The fourth-order valence-corrected chi connectivity index (χ4v) is 2.36. The molecule has 0 amide bonds. The molecule has 0 aliphatic rings. The monoisotopic (exact) mass is 350 g/mol. The maximum absolute atomic E-state index is 11.9. The van der Waals surface area contributed by atoms with Crippen molar-refractivity contribution in [3.8, 4) is 22.8 Å². The highest BCUT2D eigenvalue weighted by Gasteiger charge is 2.04. The molecular formula is C19H18N4O3. The highest BCUT2D eigenvalue weighted by Crippen LogP contribution is 2.23. The zero-order valence-electron chi connectivity index (χ0n) is 14.4. The molecular weight excluding hydrogens is 332 g/mol. The topological polar surface area (TPSA) is 88.6 Å². The van der Waals surface area contributed by atoms with Crippen LogP contribution in [0.5, 0.6) is 11.5 Å². The van der Waals surface area contributed by atoms with Crippen LogP contribution in [0.3, 0.4) is 0 Å². The second kappa shape index (κ2) is 7.98. The van der Waals surface area contributed by atoms with Crippen LogP contribution in [0.2, 0.25) is 0 Å². The zero-order valence-corrected chi connectivity index (χ0v) is 14.4. The summed E-state index contributed by atoms with van der Waals surface area (Å²) in [5.74, 6) is 1.56. The van der Waals surface area contributed by atoms with E-state index in [0.29, 0.717) is 17.2 Å². The Labute approximate surface area is 150 Å². The van der Waals surface area contributed by atoms with Gasteiger partial charge in [0.05, 0.1) is 26.1 Å². The van der Waals surface area contributed by atoms with Crippen LogP contribution in [-0.4, -0.2) is 30.4 Å². The number of nitrogens with one attached hydrogen (secondary N) is 2. The average Bonchev–Trinajstić information content (AvgIpc) is 2.68. The molecule has 7 nitrogen and oxygen atoms in total. The lowest BCUT2D eigenvalue weighted by molar-refractivity contribution is 0.394. The van der Waals surface area contributed by atoms with Crippen LogP contribution in [0.15, 0.2) is 64.5 Å². The average molecular weight is 350 g/mol. The van der Waals surface area contributed by atoms with E-state index in [1.54, 1.807) is 32.6 Å². The number of hydrogen-bond acceptors (Lipinski definition) is 6. The first-order valence-corrected chi connectivity index (χ1v) is 7.87. The van der Waals surface area contributed by atoms with Crippen molar-refractivity contribution in [1.29, 1.82) is 0 Å². The van der Waals surface area contributed by atoms with Gasteiger partial charge in [0.2, 0.25) is 5.95 Å². The Balaban J connectivity index is 1.81. The van der Waals surface area contributed by atoms with Gasteiger partial charge >= 0.3 is 0 Å². The molecule has 26 heavy (non-hydrogen) atoms. The van der Waals surface area contributed by atoms with Crippen molar-refractivity contribution in [3.05, 3.63) is 70.5 Å². The first-order chi connectivity index (χ1) is 12.7. The fraction of sp³-hybridized carbons (Fsp3) is 0.105. The lowest BCUT2D eigenvalue weighted by atomic mass is 10.1. The molecule has 0 saturated carbocycles. The van der Waals surface area contributed by atoms with Gasteiger partial charge in [0.1, 0.15) is 11.5 Å². The summed E-state index contributed by atoms with van der Waals surface area (Å²) < 4.78 is 10.5. The standard InChI is InChI=1S/C19H18N4O3/c1-25-15-9-8-14(17(10-15)26-2)12-20-23-19-21-16(11-18(24)22-19)13-6-4-3-5-7-13/h3-12H,1-2H3,(H2,21,22,23,24)/b20-12-. The molecule has 0 fully saturated rings. The number of methoxy groups -OCH3 is 2. The van der Waals surface area contributed by atoms with E-state index in [9.17, 15) is 4.79 Å². The SMILES string of the molecule is COc1ccc(/C=N\Nc2nc(-c3ccccc3)cc(=O)[nH]2)c(OC)c1. The molecule has 0 spiro atoms. The van der Waals surface area contributed by atoms with Gasteiger partial charge in [0.15, 0.2) is 0 Å². The number of nitrogens with zero attached hydrogens (tertiary/aromatic N) is 2. The molecule has 0 radical (unpaired) electrons. The summed E-state index contributed by atoms with van der Waals surface area (Å²) in [6, 6.07) is 16.3. The molecule has 3 rings (SSSR count). The van der Waals surface area contributed by atoms with Crippen LogP contribution in [0, 0.1) is 0 Å². The predicted octanol–water partition coefficient (Wildman–Crippen LogP) is 2.90. The lowest BCUT2D eigenvalue weighted by Gasteiger charge is -2.07. The number of anilines is 1. The van der Waals surface area contributed by atoms with Crippen LogP contribution >= 0.6 is 0 Å². The van der Waals surface area contributed by atoms with Crippen LogP contribution in [-0.2, 0) is 0 Å². The number of H-pyrrole nitrogens is 1. The van der Waals surface area contributed by atoms with Gasteiger partial charge in [-0.05, 0) is 12.1 Å². The fourth-order valence-electron chi connectivity index (χ4n) is 2.36. The summed E-state index contributed by atoms with van der Waals surface area (Å²) >= 11 is 0. The van der Waals surface area contributed by atoms with E-state index in [1.807, 2.05) is 36.4 Å². The summed E-state index contributed by atoms with van der Waals surface area (Å²) in [6.07, 6.45) is 1.58. The zero-order chi connectivity index (χ0) is 18.4. The van der Waals surface area contributed by atoms with Gasteiger partial charge in [0, 0.05) is 23.3 Å². The highest BCUT2D eigenvalue weighted by atomic mass is 16.5. The maximum Gasteiger partial charge on any atom is 0.252 e. The molecule has 0 bridgehead atoms. The minimum atomic E-state index is -0.265. The van der Waals surface area contributed by atoms with Crippen molar-refractivity contribution >= 4 is 12.2 Å². The van der Waals surface area contributed by atoms with Crippen molar-refractivity contribution in [2.75, 3.05) is 19.6 Å².